The highest BCUT2D eigenvalue weighted by Gasteiger charge is 2.02. The predicted molar refractivity (Wildman–Crippen MR) is 28.2 cm³/mol. The van der Waals surface area contributed by atoms with Gasteiger partial charge >= 0.3 is 0 Å². The van der Waals surface area contributed by atoms with Gasteiger partial charge < -0.3 is 14.8 Å². The molecule has 1 atom stereocenters. The fraction of sp³-hybridized carbons (Fsp3) is 0.800. The summed E-state index contributed by atoms with van der Waals surface area (Å²) in [6.45, 7) is 1.58. The van der Waals surface area contributed by atoms with Gasteiger partial charge in [0, 0.05) is 6.04 Å². The Morgan fingerprint density at radius 2 is 2.00 bits per heavy atom. The largest absolute Gasteiger partial charge is 0.548 e. The maximum absolute atomic E-state index is 9.99. The Balaban J connectivity index is 3.64. The lowest BCUT2D eigenvalue weighted by molar-refractivity contribution is -0.310. The average molecular weight is 116 g/mol. The molecule has 0 bridgehead atoms. The van der Waals surface area contributed by atoms with Gasteiger partial charge in [0.15, 0.2) is 0 Å². The third-order valence-corrected chi connectivity index (χ3v) is 1.12. The van der Waals surface area contributed by atoms with Gasteiger partial charge in [0.2, 0.25) is 0 Å². The zero-order valence-corrected chi connectivity index (χ0v) is 5.34. The Morgan fingerprint density at radius 1 is 1.62 bits per heavy atom. The van der Waals surface area contributed by atoms with Crippen molar-refractivity contribution in [3.05, 3.63) is 0 Å². The zero-order valence-electron chi connectivity index (χ0n) is 5.34. The third-order valence-electron chi connectivity index (χ3n) is 1.12. The average Bonchev–Trinajstić information content (AvgIpc) is 1.64. The van der Waals surface area contributed by atoms with E-state index in [9.17, 15) is 9.90 Å². The lowest BCUT2D eigenvalue weighted by atomic mass is 10.3. The van der Waals surface area contributed by atoms with E-state index in [4.69, 9.17) is 0 Å². The normalized spacial score (nSPS) is 14.0. The number of hydrogen-bond acceptors (Lipinski definition) is 3. The summed E-state index contributed by atoms with van der Waals surface area (Å²) in [7, 11) is 3.39. The summed E-state index contributed by atoms with van der Waals surface area (Å²) in [5.41, 5.74) is 0. The molecule has 0 heterocycles. The molecule has 0 amide bonds. The van der Waals surface area contributed by atoms with Crippen LogP contribution in [-0.2, 0) is 4.79 Å². The second kappa shape index (κ2) is 2.67. The van der Waals surface area contributed by atoms with Crippen LogP contribution in [0, 0.1) is 0 Å². The maximum Gasteiger partial charge on any atom is 0.0583 e. The number of carboxylic acid groups (broad SMARTS) is 1. The van der Waals surface area contributed by atoms with Crippen LogP contribution in [0.5, 0.6) is 0 Å². The van der Waals surface area contributed by atoms with E-state index in [1.54, 1.807) is 25.9 Å². The standard InChI is InChI=1S/C5H11NO2/c1-4(5(7)8)6(2)3/h4H,1-3H3,(H,7,8)/p-1. The molecule has 0 N–H and O–H groups in total. The molecule has 3 nitrogen and oxygen atoms in total. The molecule has 0 saturated heterocycles. The zero-order chi connectivity index (χ0) is 6.73. The maximum atomic E-state index is 9.99. The van der Waals surface area contributed by atoms with E-state index in [1.807, 2.05) is 0 Å². The van der Waals surface area contributed by atoms with Gasteiger partial charge in [-0.2, -0.15) is 0 Å². The highest BCUT2D eigenvalue weighted by molar-refractivity contribution is 5.70. The minimum atomic E-state index is -1.03. The second-order valence-electron chi connectivity index (χ2n) is 1.96. The first-order valence-electron chi connectivity index (χ1n) is 2.43. The van der Waals surface area contributed by atoms with Crippen molar-refractivity contribution >= 4 is 5.97 Å². The van der Waals surface area contributed by atoms with E-state index in [1.165, 1.54) is 0 Å². The van der Waals surface area contributed by atoms with Crippen molar-refractivity contribution in [2.24, 2.45) is 0 Å². The number of aliphatic carboxylic acids is 1. The van der Waals surface area contributed by atoms with E-state index < -0.39 is 12.0 Å². The molecule has 0 aliphatic heterocycles. The first-order chi connectivity index (χ1) is 3.55. The molecule has 0 aromatic carbocycles. The van der Waals surface area contributed by atoms with Crippen LogP contribution in [0.3, 0.4) is 0 Å². The van der Waals surface area contributed by atoms with Crippen LogP contribution < -0.4 is 5.11 Å². The van der Waals surface area contributed by atoms with Crippen molar-refractivity contribution in [3.8, 4) is 0 Å². The number of likely N-dealkylation sites (N-methyl/N-ethyl adjacent to an activating group) is 1. The van der Waals surface area contributed by atoms with Gasteiger partial charge in [-0.15, -0.1) is 0 Å². The molecule has 0 rings (SSSR count). The molecule has 1 unspecified atom stereocenters. The summed E-state index contributed by atoms with van der Waals surface area (Å²) in [6, 6.07) is -0.491. The monoisotopic (exact) mass is 116 g/mol. The summed E-state index contributed by atoms with van der Waals surface area (Å²) in [6.07, 6.45) is 0. The van der Waals surface area contributed by atoms with E-state index in [0.29, 0.717) is 0 Å². The van der Waals surface area contributed by atoms with E-state index in [-0.39, 0.29) is 0 Å². The molecule has 48 valence electrons. The first-order valence-corrected chi connectivity index (χ1v) is 2.43. The molecule has 0 spiro atoms. The molecular formula is C5H10NO2-. The molecule has 0 radical (unpaired) electrons. The fourth-order valence-corrected chi connectivity index (χ4v) is 0.211. The number of carbonyl (C=O) groups is 1. The Labute approximate surface area is 48.9 Å². The molecule has 0 aliphatic carbocycles. The Morgan fingerprint density at radius 3 is 2.00 bits per heavy atom. The summed E-state index contributed by atoms with van der Waals surface area (Å²) < 4.78 is 0. The van der Waals surface area contributed by atoms with E-state index in [0.717, 1.165) is 0 Å². The van der Waals surface area contributed by atoms with Crippen molar-refractivity contribution in [2.75, 3.05) is 14.1 Å². The molecule has 0 aromatic heterocycles. The van der Waals surface area contributed by atoms with Crippen LogP contribution in [-0.4, -0.2) is 31.0 Å². The van der Waals surface area contributed by atoms with Crippen molar-refractivity contribution in [1.29, 1.82) is 0 Å². The van der Waals surface area contributed by atoms with Gasteiger partial charge in [-0.25, -0.2) is 0 Å². The Hall–Kier alpha value is -0.570. The van der Waals surface area contributed by atoms with Gasteiger partial charge in [-0.1, -0.05) is 0 Å². The minimum Gasteiger partial charge on any atom is -0.548 e. The van der Waals surface area contributed by atoms with Crippen LogP contribution in [0.1, 0.15) is 6.92 Å². The van der Waals surface area contributed by atoms with Gasteiger partial charge in [0.1, 0.15) is 0 Å². The number of rotatable bonds is 2. The lowest BCUT2D eigenvalue weighted by Crippen LogP contribution is -2.42. The minimum absolute atomic E-state index is 0.491. The van der Waals surface area contributed by atoms with Crippen LogP contribution in [0.4, 0.5) is 0 Å². The highest BCUT2D eigenvalue weighted by Crippen LogP contribution is 1.86. The van der Waals surface area contributed by atoms with E-state index >= 15 is 0 Å². The fourth-order valence-electron chi connectivity index (χ4n) is 0.211. The summed E-state index contributed by atoms with van der Waals surface area (Å²) in [5.74, 6) is -1.03. The van der Waals surface area contributed by atoms with Gasteiger partial charge in [0.25, 0.3) is 0 Å². The number of hydrogen-bond donors (Lipinski definition) is 0. The predicted octanol–water partition coefficient (Wildman–Crippen LogP) is -1.31. The van der Waals surface area contributed by atoms with Gasteiger partial charge in [0.05, 0.1) is 5.97 Å². The number of carboxylic acids is 1. The highest BCUT2D eigenvalue weighted by atomic mass is 16.4. The first kappa shape index (κ1) is 7.43. The van der Waals surface area contributed by atoms with Crippen molar-refractivity contribution in [1.82, 2.24) is 4.90 Å². The lowest BCUT2D eigenvalue weighted by Gasteiger charge is -2.19. The summed E-state index contributed by atoms with van der Waals surface area (Å²) in [5, 5.41) is 9.99. The van der Waals surface area contributed by atoms with Crippen molar-refractivity contribution < 1.29 is 9.90 Å². The van der Waals surface area contributed by atoms with Gasteiger partial charge in [-0.3, -0.25) is 0 Å². The van der Waals surface area contributed by atoms with Crippen molar-refractivity contribution in [2.45, 2.75) is 13.0 Å². The van der Waals surface area contributed by atoms with Crippen LogP contribution in [0.25, 0.3) is 0 Å². The van der Waals surface area contributed by atoms with E-state index in [2.05, 4.69) is 0 Å². The van der Waals surface area contributed by atoms with Crippen molar-refractivity contribution in [3.63, 3.8) is 0 Å². The molecular weight excluding hydrogens is 106 g/mol. The summed E-state index contributed by atoms with van der Waals surface area (Å²) in [4.78, 5) is 11.6. The summed E-state index contributed by atoms with van der Waals surface area (Å²) >= 11 is 0. The molecule has 0 aliphatic rings. The van der Waals surface area contributed by atoms with Crippen LogP contribution in [0.15, 0.2) is 0 Å². The topological polar surface area (TPSA) is 43.4 Å². The molecule has 0 fully saturated rings. The number of carbonyl (C=O) groups excluding carboxylic acids is 1. The molecule has 0 aromatic rings. The van der Waals surface area contributed by atoms with Gasteiger partial charge in [-0.05, 0) is 21.0 Å². The molecule has 3 heteroatoms. The Kier molecular flexibility index (Phi) is 2.48. The number of nitrogens with zero attached hydrogens (tertiary/aromatic N) is 1. The third kappa shape index (κ3) is 1.93. The van der Waals surface area contributed by atoms with Crippen LogP contribution >= 0.6 is 0 Å². The molecule has 0 saturated carbocycles. The second-order valence-corrected chi connectivity index (χ2v) is 1.96. The quantitative estimate of drug-likeness (QED) is 0.449. The molecule has 8 heavy (non-hydrogen) atoms. The SMILES string of the molecule is CC(C(=O)[O-])N(C)C. The smallest absolute Gasteiger partial charge is 0.0583 e. The van der Waals surface area contributed by atoms with Crippen LogP contribution in [0.2, 0.25) is 0 Å². The Bertz CT molecular complexity index is 90.4.